The second kappa shape index (κ2) is 7.37. The minimum Gasteiger partial charge on any atom is -0.542 e. The molecule has 12 heavy (non-hydrogen) atoms. The van der Waals surface area contributed by atoms with Crippen LogP contribution in [-0.4, -0.2) is 19.7 Å². The van der Waals surface area contributed by atoms with Gasteiger partial charge in [0.05, 0.1) is 0 Å². The summed E-state index contributed by atoms with van der Waals surface area (Å²) in [7, 11) is -3.67. The van der Waals surface area contributed by atoms with Gasteiger partial charge in [0.2, 0.25) is 0 Å². The summed E-state index contributed by atoms with van der Waals surface area (Å²) < 4.78 is 60.5. The molecule has 0 bridgehead atoms. The molecule has 0 aliphatic rings. The number of carbonyl (C=O) groups excluding carboxylic acids is 1. The zero-order valence-corrected chi connectivity index (χ0v) is 5.66. The van der Waals surface area contributed by atoms with Crippen molar-refractivity contribution >= 4 is 13.5 Å². The second-order valence-electron chi connectivity index (χ2n) is 1.03. The van der Waals surface area contributed by atoms with Crippen molar-refractivity contribution in [2.75, 3.05) is 0 Å². The van der Waals surface area contributed by atoms with Crippen molar-refractivity contribution in [1.82, 2.24) is 0 Å². The van der Waals surface area contributed by atoms with Crippen LogP contribution >= 0.6 is 0 Å². The number of carbonyl (C=O) groups is 1. The molecule has 0 heterocycles. The van der Waals surface area contributed by atoms with Crippen molar-refractivity contribution < 1.29 is 54.9 Å². The molecule has 0 saturated carbocycles. The Labute approximate surface area is 75.3 Å². The molecule has 0 amide bonds. The van der Waals surface area contributed by atoms with E-state index in [4.69, 9.17) is 9.90 Å². The fourth-order valence-electron chi connectivity index (χ4n) is 0. The topological polar surface area (TPSA) is 40.1 Å². The fourth-order valence-corrected chi connectivity index (χ4v) is 0. The van der Waals surface area contributed by atoms with E-state index in [9.17, 15) is 26.1 Å². The SMILES string of the molecule is FB(F)F.O=C([O-])C(F)(F)F.[Li+]. The molecule has 0 aromatic heterocycles. The van der Waals surface area contributed by atoms with Crippen LogP contribution in [0, 0.1) is 0 Å². The second-order valence-corrected chi connectivity index (χ2v) is 1.03. The molecule has 2 nitrogen and oxygen atoms in total. The molecule has 0 fully saturated rings. The largest absolute Gasteiger partial charge is 1.00 e. The van der Waals surface area contributed by atoms with Crippen LogP contribution in [0.3, 0.4) is 0 Å². The monoisotopic (exact) mass is 188 g/mol. The third-order valence-corrected chi connectivity index (χ3v) is 0.231. The van der Waals surface area contributed by atoms with Gasteiger partial charge in [0.1, 0.15) is 5.97 Å². The molecule has 0 aliphatic heterocycles. The summed E-state index contributed by atoms with van der Waals surface area (Å²) in [6, 6.07) is 0. The molecular weight excluding hydrogens is 188 g/mol. The zero-order chi connectivity index (χ0) is 9.65. The van der Waals surface area contributed by atoms with Crippen molar-refractivity contribution in [3.8, 4) is 0 Å². The fraction of sp³-hybridized carbons (Fsp3) is 0.500. The van der Waals surface area contributed by atoms with E-state index in [1.807, 2.05) is 0 Å². The number of hydrogen-bond acceptors (Lipinski definition) is 2. The molecule has 0 N–H and O–H groups in total. The summed E-state index contributed by atoms with van der Waals surface area (Å²) in [5, 5.41) is 8.78. The van der Waals surface area contributed by atoms with Gasteiger partial charge in [0, 0.05) is 0 Å². The van der Waals surface area contributed by atoms with E-state index >= 15 is 0 Å². The number of carboxylic acids is 1. The Balaban J connectivity index is -0.000000142. The molecule has 66 valence electrons. The summed E-state index contributed by atoms with van der Waals surface area (Å²) in [5.41, 5.74) is 0. The van der Waals surface area contributed by atoms with Crippen molar-refractivity contribution in [1.29, 1.82) is 0 Å². The Morgan fingerprint density at radius 2 is 1.25 bits per heavy atom. The van der Waals surface area contributed by atoms with Gasteiger partial charge >= 0.3 is 32.6 Å². The molecule has 0 spiro atoms. The van der Waals surface area contributed by atoms with Gasteiger partial charge in [0.15, 0.2) is 0 Å². The zero-order valence-electron chi connectivity index (χ0n) is 5.66. The van der Waals surface area contributed by atoms with Crippen LogP contribution in [0.5, 0.6) is 0 Å². The standard InChI is InChI=1S/C2HF3O2.BF3.Li/c3-2(4,5)1(6)7;2-1(3)4;/h(H,6,7);;/q;;+1/p-1. The predicted molar refractivity (Wildman–Crippen MR) is 20.1 cm³/mol. The van der Waals surface area contributed by atoms with Gasteiger partial charge in [-0.3, -0.25) is 12.9 Å². The summed E-state index contributed by atoms with van der Waals surface area (Å²) in [4.78, 5) is 8.78. The predicted octanol–water partition coefficient (Wildman–Crippen LogP) is -2.82. The first kappa shape index (κ1) is 17.7. The van der Waals surface area contributed by atoms with Crippen LogP contribution in [0.15, 0.2) is 0 Å². The van der Waals surface area contributed by atoms with Gasteiger partial charge in [-0.25, -0.2) is 0 Å². The number of aliphatic carboxylic acids is 1. The maximum absolute atomic E-state index is 10.5. The first-order valence-electron chi connectivity index (χ1n) is 1.88. The van der Waals surface area contributed by atoms with E-state index in [2.05, 4.69) is 0 Å². The Bertz CT molecular complexity index is 122. The normalized spacial score (nSPS) is 8.83. The number of hydrogen-bond donors (Lipinski definition) is 0. The van der Waals surface area contributed by atoms with Crippen LogP contribution in [-0.2, 0) is 4.79 Å². The van der Waals surface area contributed by atoms with Crippen LogP contribution in [0.25, 0.3) is 0 Å². The Kier molecular flexibility index (Phi) is 10.9. The molecule has 0 saturated heterocycles. The minimum absolute atomic E-state index is 0. The van der Waals surface area contributed by atoms with E-state index in [0.29, 0.717) is 0 Å². The Hall–Kier alpha value is -0.288. The van der Waals surface area contributed by atoms with Gasteiger partial charge < -0.3 is 9.90 Å². The van der Waals surface area contributed by atoms with E-state index in [-0.39, 0.29) is 18.9 Å². The molecule has 0 radical (unpaired) electrons. The molecule has 0 atom stereocenters. The maximum Gasteiger partial charge on any atom is 1.00 e. The van der Waals surface area contributed by atoms with Gasteiger partial charge in [-0.2, -0.15) is 13.2 Å². The summed E-state index contributed by atoms with van der Waals surface area (Å²) in [6.45, 7) is 0. The Morgan fingerprint density at radius 1 is 1.17 bits per heavy atom. The van der Waals surface area contributed by atoms with Gasteiger partial charge in [-0.05, 0) is 0 Å². The summed E-state index contributed by atoms with van der Waals surface area (Å²) >= 11 is 0. The molecule has 0 aliphatic carbocycles. The molecule has 0 rings (SSSR count). The number of alkyl halides is 3. The maximum atomic E-state index is 10.5. The van der Waals surface area contributed by atoms with Crippen molar-refractivity contribution in [3.63, 3.8) is 0 Å². The van der Waals surface area contributed by atoms with Crippen LogP contribution in [0.1, 0.15) is 0 Å². The van der Waals surface area contributed by atoms with E-state index in [0.717, 1.165) is 0 Å². The van der Waals surface area contributed by atoms with E-state index in [1.54, 1.807) is 0 Å². The van der Waals surface area contributed by atoms with Crippen molar-refractivity contribution in [3.05, 3.63) is 0 Å². The Morgan fingerprint density at radius 3 is 1.25 bits per heavy atom. The first-order valence-corrected chi connectivity index (χ1v) is 1.88. The average Bonchev–Trinajstić information content (AvgIpc) is 1.59. The van der Waals surface area contributed by atoms with Crippen molar-refractivity contribution in [2.45, 2.75) is 6.18 Å². The molecule has 0 unspecified atom stereocenters. The number of halogens is 6. The molecular formula is C2BF6LiO2. The van der Waals surface area contributed by atoms with Crippen LogP contribution in [0.4, 0.5) is 26.1 Å². The van der Waals surface area contributed by atoms with Crippen LogP contribution < -0.4 is 24.0 Å². The smallest absolute Gasteiger partial charge is 0.542 e. The molecule has 0 aromatic carbocycles. The third kappa shape index (κ3) is 22.6. The molecule has 0 aromatic rings. The van der Waals surface area contributed by atoms with Gasteiger partial charge in [-0.1, -0.05) is 0 Å². The number of carboxylic acid groups (broad SMARTS) is 1. The molecule has 10 heteroatoms. The van der Waals surface area contributed by atoms with E-state index < -0.39 is 19.7 Å². The quantitative estimate of drug-likeness (QED) is 0.303. The number of rotatable bonds is 0. The third-order valence-electron chi connectivity index (χ3n) is 0.231. The van der Waals surface area contributed by atoms with E-state index in [1.165, 1.54) is 0 Å². The first-order chi connectivity index (χ1) is 4.68. The summed E-state index contributed by atoms with van der Waals surface area (Å²) in [6.07, 6.45) is -5.19. The minimum atomic E-state index is -5.19. The van der Waals surface area contributed by atoms with Crippen molar-refractivity contribution in [2.24, 2.45) is 0 Å². The summed E-state index contributed by atoms with van der Waals surface area (Å²) in [5.74, 6) is -3.01. The van der Waals surface area contributed by atoms with Gasteiger partial charge in [-0.15, -0.1) is 0 Å². The van der Waals surface area contributed by atoms with Gasteiger partial charge in [0.25, 0.3) is 0 Å². The van der Waals surface area contributed by atoms with Crippen LogP contribution in [0.2, 0.25) is 0 Å². The average molecular weight is 188 g/mol.